The lowest BCUT2D eigenvalue weighted by Crippen LogP contribution is -2.14. The molecule has 17 heavy (non-hydrogen) atoms. The largest absolute Gasteiger partial charge is 0.396 e. The van der Waals surface area contributed by atoms with E-state index in [0.717, 1.165) is 11.5 Å². The van der Waals surface area contributed by atoms with Crippen molar-refractivity contribution in [2.24, 2.45) is 7.05 Å². The van der Waals surface area contributed by atoms with Crippen LogP contribution >= 0.6 is 0 Å². The predicted molar refractivity (Wildman–Crippen MR) is 66.4 cm³/mol. The first kappa shape index (κ1) is 11.4. The molecule has 0 spiro atoms. The standard InChI is InChI=1S/C11H16N6/c1-7-4-5-9(12)10(14-7)15-8(2)11-16-13-6-17(11)3/h4-6,8H,12H2,1-3H3,(H,14,15). The lowest BCUT2D eigenvalue weighted by atomic mass is 10.3. The topological polar surface area (TPSA) is 81.6 Å². The monoisotopic (exact) mass is 232 g/mol. The molecule has 90 valence electrons. The third-order valence-electron chi connectivity index (χ3n) is 2.55. The van der Waals surface area contributed by atoms with Gasteiger partial charge in [0, 0.05) is 12.7 Å². The third-order valence-corrected chi connectivity index (χ3v) is 2.55. The first-order valence-electron chi connectivity index (χ1n) is 5.41. The third kappa shape index (κ3) is 2.35. The summed E-state index contributed by atoms with van der Waals surface area (Å²) in [5.74, 6) is 1.52. The predicted octanol–water partition coefficient (Wildman–Crippen LogP) is 1.27. The van der Waals surface area contributed by atoms with E-state index in [1.54, 1.807) is 6.33 Å². The van der Waals surface area contributed by atoms with Gasteiger partial charge in [0.25, 0.3) is 0 Å². The maximum absolute atomic E-state index is 5.86. The van der Waals surface area contributed by atoms with Crippen LogP contribution < -0.4 is 11.1 Å². The second kappa shape index (κ2) is 4.40. The van der Waals surface area contributed by atoms with Crippen LogP contribution in [0.1, 0.15) is 24.5 Å². The molecule has 1 atom stereocenters. The normalized spacial score (nSPS) is 12.4. The molecule has 0 amide bonds. The average molecular weight is 232 g/mol. The van der Waals surface area contributed by atoms with Gasteiger partial charge in [-0.1, -0.05) is 0 Å². The number of nitrogens with one attached hydrogen (secondary N) is 1. The minimum Gasteiger partial charge on any atom is -0.396 e. The molecular weight excluding hydrogens is 216 g/mol. The molecule has 2 rings (SSSR count). The van der Waals surface area contributed by atoms with Crippen LogP contribution in [0.3, 0.4) is 0 Å². The van der Waals surface area contributed by atoms with Crippen molar-refractivity contribution in [3.8, 4) is 0 Å². The molecule has 6 nitrogen and oxygen atoms in total. The molecule has 0 saturated carbocycles. The molecule has 0 aliphatic heterocycles. The van der Waals surface area contributed by atoms with Crippen LogP contribution in [0.4, 0.5) is 11.5 Å². The zero-order chi connectivity index (χ0) is 12.4. The Morgan fingerprint density at radius 3 is 2.82 bits per heavy atom. The van der Waals surface area contributed by atoms with E-state index in [1.165, 1.54) is 0 Å². The Morgan fingerprint density at radius 2 is 2.18 bits per heavy atom. The highest BCUT2D eigenvalue weighted by atomic mass is 15.3. The molecule has 0 aromatic carbocycles. The van der Waals surface area contributed by atoms with E-state index >= 15 is 0 Å². The highest BCUT2D eigenvalue weighted by Gasteiger charge is 2.13. The highest BCUT2D eigenvalue weighted by Crippen LogP contribution is 2.21. The summed E-state index contributed by atoms with van der Waals surface area (Å²) in [6.07, 6.45) is 1.67. The summed E-state index contributed by atoms with van der Waals surface area (Å²) < 4.78 is 1.86. The number of hydrogen-bond donors (Lipinski definition) is 2. The van der Waals surface area contributed by atoms with E-state index in [1.807, 2.05) is 37.6 Å². The van der Waals surface area contributed by atoms with Crippen molar-refractivity contribution >= 4 is 11.5 Å². The molecule has 0 fully saturated rings. The fourth-order valence-electron chi connectivity index (χ4n) is 1.64. The summed E-state index contributed by atoms with van der Waals surface area (Å²) in [6.45, 7) is 3.92. The minimum absolute atomic E-state index is 0.000833. The van der Waals surface area contributed by atoms with Crippen LogP contribution in [-0.4, -0.2) is 19.7 Å². The van der Waals surface area contributed by atoms with Gasteiger partial charge in [0.2, 0.25) is 0 Å². The summed E-state index contributed by atoms with van der Waals surface area (Å²) in [7, 11) is 1.90. The van der Waals surface area contributed by atoms with Crippen molar-refractivity contribution in [2.45, 2.75) is 19.9 Å². The van der Waals surface area contributed by atoms with Gasteiger partial charge < -0.3 is 15.6 Å². The number of nitrogens with zero attached hydrogens (tertiary/aromatic N) is 4. The van der Waals surface area contributed by atoms with Crippen molar-refractivity contribution in [1.82, 2.24) is 19.7 Å². The second-order valence-corrected chi connectivity index (χ2v) is 4.06. The Morgan fingerprint density at radius 1 is 1.41 bits per heavy atom. The summed E-state index contributed by atoms with van der Waals surface area (Å²) >= 11 is 0. The van der Waals surface area contributed by atoms with Gasteiger partial charge in [0.1, 0.15) is 12.1 Å². The van der Waals surface area contributed by atoms with Crippen LogP contribution in [0.5, 0.6) is 0 Å². The molecule has 0 bridgehead atoms. The Kier molecular flexibility index (Phi) is 2.95. The average Bonchev–Trinajstić information content (AvgIpc) is 2.70. The maximum atomic E-state index is 5.86. The molecule has 6 heteroatoms. The van der Waals surface area contributed by atoms with Gasteiger partial charge in [-0.25, -0.2) is 4.98 Å². The number of aryl methyl sites for hydroxylation is 2. The van der Waals surface area contributed by atoms with Gasteiger partial charge >= 0.3 is 0 Å². The van der Waals surface area contributed by atoms with E-state index in [2.05, 4.69) is 20.5 Å². The molecular formula is C11H16N6. The summed E-state index contributed by atoms with van der Waals surface area (Å²) in [4.78, 5) is 4.36. The van der Waals surface area contributed by atoms with Crippen molar-refractivity contribution in [3.63, 3.8) is 0 Å². The Balaban J connectivity index is 2.21. The number of nitrogens with two attached hydrogens (primary N) is 1. The van der Waals surface area contributed by atoms with Gasteiger partial charge in [-0.05, 0) is 26.0 Å². The fourth-order valence-corrected chi connectivity index (χ4v) is 1.64. The fraction of sp³-hybridized carbons (Fsp3) is 0.364. The Bertz CT molecular complexity index is 518. The van der Waals surface area contributed by atoms with E-state index in [-0.39, 0.29) is 6.04 Å². The smallest absolute Gasteiger partial charge is 0.154 e. The van der Waals surface area contributed by atoms with E-state index in [9.17, 15) is 0 Å². The van der Waals surface area contributed by atoms with Crippen molar-refractivity contribution in [3.05, 3.63) is 30.0 Å². The van der Waals surface area contributed by atoms with Crippen LogP contribution in [0, 0.1) is 6.92 Å². The number of nitrogen functional groups attached to an aromatic ring is 1. The Labute approximate surface area is 99.9 Å². The number of pyridine rings is 1. The van der Waals surface area contributed by atoms with Crippen LogP contribution in [0.25, 0.3) is 0 Å². The molecule has 0 aliphatic carbocycles. The summed E-state index contributed by atoms with van der Waals surface area (Å²) in [5.41, 5.74) is 7.41. The number of hydrogen-bond acceptors (Lipinski definition) is 5. The molecule has 2 aromatic rings. The summed E-state index contributed by atoms with van der Waals surface area (Å²) in [6, 6.07) is 3.72. The van der Waals surface area contributed by atoms with Crippen LogP contribution in [0.15, 0.2) is 18.5 Å². The molecule has 3 N–H and O–H groups in total. The van der Waals surface area contributed by atoms with E-state index in [4.69, 9.17) is 5.73 Å². The second-order valence-electron chi connectivity index (χ2n) is 4.06. The number of rotatable bonds is 3. The van der Waals surface area contributed by atoms with Gasteiger partial charge in [0.05, 0.1) is 11.7 Å². The lowest BCUT2D eigenvalue weighted by Gasteiger charge is -2.15. The molecule has 0 aliphatic rings. The first-order valence-corrected chi connectivity index (χ1v) is 5.41. The first-order chi connectivity index (χ1) is 8.08. The zero-order valence-electron chi connectivity index (χ0n) is 10.2. The highest BCUT2D eigenvalue weighted by molar-refractivity contribution is 5.61. The van der Waals surface area contributed by atoms with Gasteiger partial charge in [-0.3, -0.25) is 0 Å². The minimum atomic E-state index is -0.000833. The van der Waals surface area contributed by atoms with E-state index < -0.39 is 0 Å². The number of aromatic nitrogens is 4. The van der Waals surface area contributed by atoms with Crippen molar-refractivity contribution in [1.29, 1.82) is 0 Å². The van der Waals surface area contributed by atoms with Gasteiger partial charge in [0.15, 0.2) is 5.82 Å². The number of anilines is 2. The van der Waals surface area contributed by atoms with Crippen LogP contribution in [-0.2, 0) is 7.05 Å². The quantitative estimate of drug-likeness (QED) is 0.833. The molecule has 0 saturated heterocycles. The molecule has 2 aromatic heterocycles. The van der Waals surface area contributed by atoms with Crippen molar-refractivity contribution in [2.75, 3.05) is 11.1 Å². The van der Waals surface area contributed by atoms with Crippen LogP contribution in [0.2, 0.25) is 0 Å². The maximum Gasteiger partial charge on any atom is 0.154 e. The Hall–Kier alpha value is -2.11. The zero-order valence-corrected chi connectivity index (χ0v) is 10.2. The molecule has 0 radical (unpaired) electrons. The van der Waals surface area contributed by atoms with Gasteiger partial charge in [-0.2, -0.15) is 0 Å². The summed E-state index contributed by atoms with van der Waals surface area (Å²) in [5, 5.41) is 11.1. The molecule has 2 heterocycles. The van der Waals surface area contributed by atoms with E-state index in [0.29, 0.717) is 11.5 Å². The lowest BCUT2D eigenvalue weighted by molar-refractivity contribution is 0.716. The molecule has 1 unspecified atom stereocenters. The van der Waals surface area contributed by atoms with Crippen molar-refractivity contribution < 1.29 is 0 Å². The van der Waals surface area contributed by atoms with Gasteiger partial charge in [-0.15, -0.1) is 10.2 Å². The SMILES string of the molecule is Cc1ccc(N)c(NC(C)c2nncn2C)n1.